The Morgan fingerprint density at radius 1 is 1.36 bits per heavy atom. The van der Waals surface area contributed by atoms with Gasteiger partial charge in [0, 0.05) is 0 Å². The van der Waals surface area contributed by atoms with E-state index in [4.69, 9.17) is 16.3 Å². The zero-order valence-corrected chi connectivity index (χ0v) is 8.88. The molecule has 0 aromatic heterocycles. The molecular weight excluding hydrogens is 200 g/mol. The average molecular weight is 213 g/mol. The molecule has 0 aliphatic rings. The lowest BCUT2D eigenvalue weighted by molar-refractivity contribution is -0.113. The van der Waals surface area contributed by atoms with E-state index in [1.165, 1.54) is 5.56 Å². The molecule has 2 nitrogen and oxygen atoms in total. The zero-order chi connectivity index (χ0) is 10.4. The smallest absolute Gasteiger partial charge is 0.259 e. The number of carbonyl (C=O) groups is 1. The molecule has 0 spiro atoms. The largest absolute Gasteiger partial charge is 0.484 e. The van der Waals surface area contributed by atoms with Crippen LogP contribution in [0.25, 0.3) is 0 Å². The van der Waals surface area contributed by atoms with Crippen molar-refractivity contribution in [3.05, 3.63) is 29.8 Å². The minimum absolute atomic E-state index is 0.0747. The van der Waals surface area contributed by atoms with Crippen molar-refractivity contribution in [2.24, 2.45) is 0 Å². The van der Waals surface area contributed by atoms with Gasteiger partial charge in [0.05, 0.1) is 0 Å². The summed E-state index contributed by atoms with van der Waals surface area (Å²) in [6.07, 6.45) is 2.19. The molecule has 0 amide bonds. The second kappa shape index (κ2) is 5.66. The molecule has 0 aliphatic carbocycles. The number of carbonyl (C=O) groups excluding carboxylic acids is 1. The summed E-state index contributed by atoms with van der Waals surface area (Å²) in [6.45, 7) is 2.06. The van der Waals surface area contributed by atoms with Gasteiger partial charge in [-0.25, -0.2) is 0 Å². The molecule has 0 saturated carbocycles. The van der Waals surface area contributed by atoms with E-state index in [1.807, 2.05) is 24.3 Å². The van der Waals surface area contributed by atoms with Crippen LogP contribution in [-0.4, -0.2) is 11.8 Å². The van der Waals surface area contributed by atoms with Gasteiger partial charge in [0.15, 0.2) is 6.61 Å². The Balaban J connectivity index is 2.50. The number of benzene rings is 1. The summed E-state index contributed by atoms with van der Waals surface area (Å²) in [7, 11) is 0. The molecule has 0 aliphatic heterocycles. The maximum atomic E-state index is 10.4. The van der Waals surface area contributed by atoms with E-state index in [2.05, 4.69) is 6.92 Å². The third-order valence-corrected chi connectivity index (χ3v) is 1.92. The van der Waals surface area contributed by atoms with Crippen LogP contribution in [0.1, 0.15) is 18.9 Å². The molecule has 0 saturated heterocycles. The lowest BCUT2D eigenvalue weighted by Gasteiger charge is -2.03. The van der Waals surface area contributed by atoms with Crippen LogP contribution in [0.3, 0.4) is 0 Å². The highest BCUT2D eigenvalue weighted by molar-refractivity contribution is 6.63. The van der Waals surface area contributed by atoms with Crippen LogP contribution in [-0.2, 0) is 11.2 Å². The van der Waals surface area contributed by atoms with Crippen LogP contribution in [0.15, 0.2) is 24.3 Å². The molecular formula is C11H13ClO2. The van der Waals surface area contributed by atoms with E-state index in [0.717, 1.165) is 12.8 Å². The quantitative estimate of drug-likeness (QED) is 0.702. The molecule has 0 heterocycles. The van der Waals surface area contributed by atoms with Crippen LogP contribution in [0, 0.1) is 0 Å². The predicted molar refractivity (Wildman–Crippen MR) is 56.8 cm³/mol. The Morgan fingerprint density at radius 2 is 2.00 bits per heavy atom. The van der Waals surface area contributed by atoms with Crippen LogP contribution in [0.4, 0.5) is 0 Å². The maximum absolute atomic E-state index is 10.4. The summed E-state index contributed by atoms with van der Waals surface area (Å²) < 4.78 is 5.12. The molecule has 0 radical (unpaired) electrons. The lowest BCUT2D eigenvalue weighted by Crippen LogP contribution is -2.04. The van der Waals surface area contributed by atoms with Crippen molar-refractivity contribution in [2.75, 3.05) is 6.61 Å². The van der Waals surface area contributed by atoms with Crippen molar-refractivity contribution in [2.45, 2.75) is 19.8 Å². The minimum Gasteiger partial charge on any atom is -0.484 e. The fraction of sp³-hybridized carbons (Fsp3) is 0.364. The van der Waals surface area contributed by atoms with Crippen LogP contribution in [0.5, 0.6) is 5.75 Å². The summed E-state index contributed by atoms with van der Waals surface area (Å²) in [6, 6.07) is 7.70. The molecule has 14 heavy (non-hydrogen) atoms. The van der Waals surface area contributed by atoms with Gasteiger partial charge < -0.3 is 4.74 Å². The molecule has 1 rings (SSSR count). The van der Waals surface area contributed by atoms with E-state index in [9.17, 15) is 4.79 Å². The lowest BCUT2D eigenvalue weighted by atomic mass is 10.1. The first kappa shape index (κ1) is 11.1. The van der Waals surface area contributed by atoms with Crippen LogP contribution in [0.2, 0.25) is 0 Å². The van der Waals surface area contributed by atoms with E-state index in [0.29, 0.717) is 5.75 Å². The van der Waals surface area contributed by atoms with E-state index in [1.54, 1.807) is 0 Å². The fourth-order valence-corrected chi connectivity index (χ4v) is 1.24. The number of hydrogen-bond donors (Lipinski definition) is 0. The van der Waals surface area contributed by atoms with Gasteiger partial charge in [-0.1, -0.05) is 25.5 Å². The molecule has 3 heteroatoms. The molecule has 1 aromatic rings. The third-order valence-electron chi connectivity index (χ3n) is 1.81. The van der Waals surface area contributed by atoms with Crippen molar-refractivity contribution in [1.82, 2.24) is 0 Å². The molecule has 76 valence electrons. The first-order chi connectivity index (χ1) is 6.72. The number of hydrogen-bond acceptors (Lipinski definition) is 2. The molecule has 0 fully saturated rings. The summed E-state index contributed by atoms with van der Waals surface area (Å²) >= 11 is 5.14. The molecule has 0 atom stereocenters. The van der Waals surface area contributed by atoms with Gasteiger partial charge >= 0.3 is 0 Å². The summed E-state index contributed by atoms with van der Waals surface area (Å²) in [5.74, 6) is 0.679. The molecule has 0 unspecified atom stereocenters. The average Bonchev–Trinajstić information content (AvgIpc) is 2.17. The normalized spacial score (nSPS) is 9.86. The second-order valence-electron chi connectivity index (χ2n) is 3.04. The number of ether oxygens (including phenoxy) is 1. The van der Waals surface area contributed by atoms with E-state index >= 15 is 0 Å². The first-order valence-corrected chi connectivity index (χ1v) is 5.00. The van der Waals surface area contributed by atoms with Gasteiger partial charge in [0.25, 0.3) is 5.24 Å². The summed E-state index contributed by atoms with van der Waals surface area (Å²) in [5.41, 5.74) is 1.28. The standard InChI is InChI=1S/C11H13ClO2/c1-2-3-9-4-6-10(7-5-9)14-8-11(12)13/h4-7H,2-3,8H2,1H3. The second-order valence-corrected chi connectivity index (χ2v) is 3.46. The first-order valence-electron chi connectivity index (χ1n) is 4.62. The zero-order valence-electron chi connectivity index (χ0n) is 8.13. The Morgan fingerprint density at radius 3 is 2.50 bits per heavy atom. The van der Waals surface area contributed by atoms with E-state index < -0.39 is 5.24 Å². The van der Waals surface area contributed by atoms with Crippen molar-refractivity contribution in [3.8, 4) is 5.75 Å². The highest BCUT2D eigenvalue weighted by Crippen LogP contribution is 2.13. The van der Waals surface area contributed by atoms with Gasteiger partial charge in [0.2, 0.25) is 0 Å². The SMILES string of the molecule is CCCc1ccc(OCC(=O)Cl)cc1. The van der Waals surface area contributed by atoms with Gasteiger partial charge in [-0.3, -0.25) is 4.79 Å². The topological polar surface area (TPSA) is 26.3 Å². The maximum Gasteiger partial charge on any atom is 0.259 e. The number of aryl methyl sites for hydroxylation is 1. The monoisotopic (exact) mass is 212 g/mol. The van der Waals surface area contributed by atoms with Gasteiger partial charge in [-0.2, -0.15) is 0 Å². The van der Waals surface area contributed by atoms with Crippen molar-refractivity contribution >= 4 is 16.8 Å². The highest BCUT2D eigenvalue weighted by Gasteiger charge is 1.98. The van der Waals surface area contributed by atoms with Crippen molar-refractivity contribution in [3.63, 3.8) is 0 Å². The van der Waals surface area contributed by atoms with Crippen molar-refractivity contribution < 1.29 is 9.53 Å². The predicted octanol–water partition coefficient (Wildman–Crippen LogP) is 2.78. The molecule has 1 aromatic carbocycles. The van der Waals surface area contributed by atoms with Gasteiger partial charge in [-0.15, -0.1) is 0 Å². The summed E-state index contributed by atoms with van der Waals surface area (Å²) in [5, 5.41) is -0.484. The third kappa shape index (κ3) is 3.79. The number of halogens is 1. The summed E-state index contributed by atoms with van der Waals surface area (Å²) in [4.78, 5) is 10.4. The van der Waals surface area contributed by atoms with Crippen molar-refractivity contribution in [1.29, 1.82) is 0 Å². The van der Waals surface area contributed by atoms with Crippen LogP contribution < -0.4 is 4.74 Å². The van der Waals surface area contributed by atoms with Gasteiger partial charge in [0.1, 0.15) is 5.75 Å². The highest BCUT2D eigenvalue weighted by atomic mass is 35.5. The van der Waals surface area contributed by atoms with E-state index in [-0.39, 0.29) is 6.61 Å². The van der Waals surface area contributed by atoms with Crippen LogP contribution >= 0.6 is 11.6 Å². The Hall–Kier alpha value is -1.02. The minimum atomic E-state index is -0.484. The number of rotatable bonds is 5. The fourth-order valence-electron chi connectivity index (χ4n) is 1.18. The molecule has 0 bridgehead atoms. The Bertz CT molecular complexity index is 293. The van der Waals surface area contributed by atoms with Gasteiger partial charge in [-0.05, 0) is 35.7 Å². The Labute approximate surface area is 88.8 Å². The molecule has 0 N–H and O–H groups in total. The Kier molecular flexibility index (Phi) is 4.47.